The van der Waals surface area contributed by atoms with Gasteiger partial charge in [0.2, 0.25) is 0 Å². The van der Waals surface area contributed by atoms with Crippen LogP contribution in [0.5, 0.6) is 0 Å². The van der Waals surface area contributed by atoms with Crippen LogP contribution in [0.4, 0.5) is 0 Å². The van der Waals surface area contributed by atoms with Gasteiger partial charge in [0.1, 0.15) is 11.5 Å². The number of aryl methyl sites for hydroxylation is 1. The Morgan fingerprint density at radius 1 is 1.43 bits per heavy atom. The van der Waals surface area contributed by atoms with Crippen LogP contribution in [-0.2, 0) is 6.61 Å². The average Bonchev–Trinajstić information content (AvgIpc) is 2.89. The van der Waals surface area contributed by atoms with Crippen LogP contribution in [0.25, 0.3) is 0 Å². The molecule has 0 atom stereocenters. The highest BCUT2D eigenvalue weighted by Crippen LogP contribution is 2.45. The molecule has 0 saturated heterocycles. The lowest BCUT2D eigenvalue weighted by atomic mass is 9.97. The molecule has 0 amide bonds. The van der Waals surface area contributed by atoms with Crippen molar-refractivity contribution in [3.8, 4) is 0 Å². The van der Waals surface area contributed by atoms with Crippen LogP contribution >= 0.6 is 0 Å². The minimum Gasteiger partial charge on any atom is -0.465 e. The molecule has 1 saturated carbocycles. The van der Waals surface area contributed by atoms with Gasteiger partial charge in [0, 0.05) is 17.0 Å². The zero-order chi connectivity index (χ0) is 10.3. The normalized spacial score (nSPS) is 16.6. The van der Waals surface area contributed by atoms with Crippen molar-refractivity contribution in [3.05, 3.63) is 22.6 Å². The molecule has 1 aliphatic carbocycles. The molecular formula is C12H18O2. The van der Waals surface area contributed by atoms with Crippen molar-refractivity contribution in [2.75, 3.05) is 0 Å². The third kappa shape index (κ3) is 1.48. The first-order valence-electron chi connectivity index (χ1n) is 5.38. The number of furan rings is 1. The van der Waals surface area contributed by atoms with Gasteiger partial charge in [0.15, 0.2) is 0 Å². The third-order valence-corrected chi connectivity index (χ3v) is 2.95. The van der Waals surface area contributed by atoms with Crippen LogP contribution in [0.2, 0.25) is 0 Å². The number of hydrogen-bond donors (Lipinski definition) is 1. The molecule has 0 aliphatic heterocycles. The van der Waals surface area contributed by atoms with Gasteiger partial charge in [-0.3, -0.25) is 0 Å². The maximum absolute atomic E-state index is 9.38. The van der Waals surface area contributed by atoms with E-state index in [9.17, 15) is 5.11 Å². The molecule has 1 aromatic heterocycles. The van der Waals surface area contributed by atoms with E-state index >= 15 is 0 Å². The lowest BCUT2D eigenvalue weighted by Crippen LogP contribution is -1.96. The fourth-order valence-electron chi connectivity index (χ4n) is 2.22. The molecule has 1 aliphatic rings. The van der Waals surface area contributed by atoms with Crippen LogP contribution in [0.1, 0.15) is 61.2 Å². The molecule has 1 N–H and O–H groups in total. The first kappa shape index (κ1) is 9.78. The molecule has 14 heavy (non-hydrogen) atoms. The van der Waals surface area contributed by atoms with Gasteiger partial charge >= 0.3 is 0 Å². The second-order valence-corrected chi connectivity index (χ2v) is 4.50. The highest BCUT2D eigenvalue weighted by atomic mass is 16.3. The Morgan fingerprint density at radius 2 is 2.07 bits per heavy atom. The summed E-state index contributed by atoms with van der Waals surface area (Å²) in [6, 6.07) is 0. The van der Waals surface area contributed by atoms with E-state index in [1.54, 1.807) is 0 Å². The van der Waals surface area contributed by atoms with Crippen LogP contribution in [0.3, 0.4) is 0 Å². The first-order chi connectivity index (χ1) is 6.65. The van der Waals surface area contributed by atoms with E-state index < -0.39 is 0 Å². The van der Waals surface area contributed by atoms with E-state index in [-0.39, 0.29) is 6.61 Å². The Labute approximate surface area is 84.9 Å². The summed E-state index contributed by atoms with van der Waals surface area (Å²) in [6.07, 6.45) is 2.44. The van der Waals surface area contributed by atoms with Crippen LogP contribution < -0.4 is 0 Å². The fraction of sp³-hybridized carbons (Fsp3) is 0.667. The molecule has 2 nitrogen and oxygen atoms in total. The summed E-state index contributed by atoms with van der Waals surface area (Å²) < 4.78 is 5.76. The summed E-state index contributed by atoms with van der Waals surface area (Å²) in [5.74, 6) is 3.07. The Bertz CT molecular complexity index is 332. The summed E-state index contributed by atoms with van der Waals surface area (Å²) in [4.78, 5) is 0. The summed E-state index contributed by atoms with van der Waals surface area (Å²) in [6.45, 7) is 6.42. The van der Waals surface area contributed by atoms with E-state index in [0.29, 0.717) is 11.8 Å². The lowest BCUT2D eigenvalue weighted by molar-refractivity contribution is 0.276. The standard InChI is InChI=1S/C12H18O2/c1-7(2)11-8(3)14-12(9-4-5-9)10(11)6-13/h7,9,13H,4-6H2,1-3H3. The number of hydrogen-bond acceptors (Lipinski definition) is 2. The van der Waals surface area contributed by atoms with E-state index in [4.69, 9.17) is 4.42 Å². The van der Waals surface area contributed by atoms with E-state index in [2.05, 4.69) is 13.8 Å². The van der Waals surface area contributed by atoms with Gasteiger partial charge in [-0.25, -0.2) is 0 Å². The van der Waals surface area contributed by atoms with Crippen molar-refractivity contribution in [3.63, 3.8) is 0 Å². The molecule has 1 aromatic rings. The van der Waals surface area contributed by atoms with Crippen molar-refractivity contribution >= 4 is 0 Å². The molecule has 0 bridgehead atoms. The molecule has 0 spiro atoms. The topological polar surface area (TPSA) is 33.4 Å². The van der Waals surface area contributed by atoms with Crippen LogP contribution in [-0.4, -0.2) is 5.11 Å². The summed E-state index contributed by atoms with van der Waals surface area (Å²) in [5.41, 5.74) is 2.27. The molecule has 2 rings (SSSR count). The Morgan fingerprint density at radius 3 is 2.50 bits per heavy atom. The Balaban J connectivity index is 2.46. The molecule has 78 valence electrons. The second-order valence-electron chi connectivity index (χ2n) is 4.50. The Kier molecular flexibility index (Phi) is 2.40. The molecule has 1 heterocycles. The molecule has 0 aromatic carbocycles. The maximum Gasteiger partial charge on any atom is 0.113 e. The quantitative estimate of drug-likeness (QED) is 0.802. The third-order valence-electron chi connectivity index (χ3n) is 2.95. The highest BCUT2D eigenvalue weighted by molar-refractivity contribution is 5.38. The molecule has 1 fully saturated rings. The Hall–Kier alpha value is -0.760. The highest BCUT2D eigenvalue weighted by Gasteiger charge is 2.32. The first-order valence-corrected chi connectivity index (χ1v) is 5.38. The van der Waals surface area contributed by atoms with Gasteiger partial charge in [-0.2, -0.15) is 0 Å². The smallest absolute Gasteiger partial charge is 0.113 e. The largest absolute Gasteiger partial charge is 0.465 e. The molecule has 0 radical (unpaired) electrons. The zero-order valence-electron chi connectivity index (χ0n) is 9.13. The van der Waals surface area contributed by atoms with Gasteiger partial charge in [-0.15, -0.1) is 0 Å². The lowest BCUT2D eigenvalue weighted by Gasteiger charge is -2.05. The van der Waals surface area contributed by atoms with Gasteiger partial charge in [0.05, 0.1) is 6.61 Å². The molecular weight excluding hydrogens is 176 g/mol. The van der Waals surface area contributed by atoms with E-state index in [1.165, 1.54) is 18.4 Å². The van der Waals surface area contributed by atoms with Gasteiger partial charge in [0.25, 0.3) is 0 Å². The van der Waals surface area contributed by atoms with Crippen LogP contribution in [0.15, 0.2) is 4.42 Å². The van der Waals surface area contributed by atoms with Crippen molar-refractivity contribution in [2.24, 2.45) is 0 Å². The molecule has 0 unspecified atom stereocenters. The minimum absolute atomic E-state index is 0.122. The molecule has 2 heteroatoms. The predicted octanol–water partition coefficient (Wildman–Crippen LogP) is 3.08. The monoisotopic (exact) mass is 194 g/mol. The number of aliphatic hydroxyl groups excluding tert-OH is 1. The SMILES string of the molecule is Cc1oc(C2CC2)c(CO)c1C(C)C. The van der Waals surface area contributed by atoms with Gasteiger partial charge in [-0.1, -0.05) is 13.8 Å². The van der Waals surface area contributed by atoms with Crippen molar-refractivity contribution < 1.29 is 9.52 Å². The van der Waals surface area contributed by atoms with Crippen molar-refractivity contribution in [2.45, 2.75) is 52.1 Å². The average molecular weight is 194 g/mol. The van der Waals surface area contributed by atoms with Gasteiger partial charge < -0.3 is 9.52 Å². The summed E-state index contributed by atoms with van der Waals surface area (Å²) in [5, 5.41) is 9.38. The fourth-order valence-corrected chi connectivity index (χ4v) is 2.22. The van der Waals surface area contributed by atoms with Crippen LogP contribution in [0, 0.1) is 6.92 Å². The summed E-state index contributed by atoms with van der Waals surface area (Å²) >= 11 is 0. The van der Waals surface area contributed by atoms with Crippen molar-refractivity contribution in [1.82, 2.24) is 0 Å². The summed E-state index contributed by atoms with van der Waals surface area (Å²) in [7, 11) is 0. The number of aliphatic hydroxyl groups is 1. The van der Waals surface area contributed by atoms with E-state index in [0.717, 1.165) is 17.1 Å². The van der Waals surface area contributed by atoms with E-state index in [1.807, 2.05) is 6.92 Å². The van der Waals surface area contributed by atoms with Gasteiger partial charge in [-0.05, 0) is 25.7 Å². The van der Waals surface area contributed by atoms with Crippen molar-refractivity contribution in [1.29, 1.82) is 0 Å². The zero-order valence-corrected chi connectivity index (χ0v) is 9.13. The second kappa shape index (κ2) is 3.43. The minimum atomic E-state index is 0.122. The maximum atomic E-state index is 9.38. The number of rotatable bonds is 3. The predicted molar refractivity (Wildman–Crippen MR) is 55.4 cm³/mol.